The van der Waals surface area contributed by atoms with Crippen LogP contribution in [-0.2, 0) is 0 Å². The average molecular weight is 263 g/mol. The van der Waals surface area contributed by atoms with E-state index in [0.29, 0.717) is 25.3 Å². The summed E-state index contributed by atoms with van der Waals surface area (Å²) < 4.78 is 13.3. The Bertz CT molecular complexity index is 519. The molecule has 1 aliphatic rings. The van der Waals surface area contributed by atoms with Crippen LogP contribution in [0.4, 0.5) is 15.8 Å². The van der Waals surface area contributed by atoms with Gasteiger partial charge in [0.15, 0.2) is 0 Å². The van der Waals surface area contributed by atoms with Crippen LogP contribution in [0.5, 0.6) is 0 Å². The molecule has 0 aliphatic carbocycles. The summed E-state index contributed by atoms with van der Waals surface area (Å²) in [6, 6.07) is 3.53. The van der Waals surface area contributed by atoms with E-state index in [2.05, 4.69) is 10.8 Å². The molecule has 0 amide bonds. The Labute approximate surface area is 110 Å². The van der Waals surface area contributed by atoms with Crippen LogP contribution < -0.4 is 4.90 Å². The van der Waals surface area contributed by atoms with Crippen molar-refractivity contribution in [2.45, 2.75) is 0 Å². The lowest BCUT2D eigenvalue weighted by molar-refractivity contribution is -0.384. The van der Waals surface area contributed by atoms with Crippen LogP contribution in [0.1, 0.15) is 0 Å². The third kappa shape index (κ3) is 3.01. The highest BCUT2D eigenvalue weighted by atomic mass is 19.1. The first-order valence-corrected chi connectivity index (χ1v) is 5.96. The maximum absolute atomic E-state index is 13.3. The lowest BCUT2D eigenvalue weighted by Crippen LogP contribution is -2.46. The molecule has 1 aromatic rings. The molecule has 0 spiro atoms. The molecule has 2 rings (SSSR count). The van der Waals surface area contributed by atoms with E-state index in [4.69, 9.17) is 6.42 Å². The SMILES string of the molecule is C#CCN1CCN(c2cc(F)ccc2[N+](=O)[O-])CC1. The van der Waals surface area contributed by atoms with E-state index >= 15 is 0 Å². The Balaban J connectivity index is 2.17. The van der Waals surface area contributed by atoms with E-state index in [9.17, 15) is 14.5 Å². The molecule has 0 saturated carbocycles. The number of rotatable bonds is 3. The predicted octanol–water partition coefficient (Wildman–Crippen LogP) is 1.49. The molecule has 6 heteroatoms. The highest BCUT2D eigenvalue weighted by molar-refractivity contribution is 5.63. The van der Waals surface area contributed by atoms with E-state index in [-0.39, 0.29) is 5.69 Å². The second-order valence-corrected chi connectivity index (χ2v) is 4.36. The van der Waals surface area contributed by atoms with Crippen LogP contribution in [-0.4, -0.2) is 42.5 Å². The fourth-order valence-corrected chi connectivity index (χ4v) is 2.18. The van der Waals surface area contributed by atoms with Crippen molar-refractivity contribution in [1.29, 1.82) is 0 Å². The molecule has 1 aromatic carbocycles. The molecular formula is C13H14FN3O2. The molecule has 0 unspecified atom stereocenters. The van der Waals surface area contributed by atoms with Gasteiger partial charge in [-0.05, 0) is 6.07 Å². The largest absolute Gasteiger partial charge is 0.363 e. The second-order valence-electron chi connectivity index (χ2n) is 4.36. The second kappa shape index (κ2) is 5.67. The van der Waals surface area contributed by atoms with E-state index in [1.807, 2.05) is 4.90 Å². The van der Waals surface area contributed by atoms with Gasteiger partial charge in [0, 0.05) is 38.3 Å². The topological polar surface area (TPSA) is 49.6 Å². The molecule has 1 heterocycles. The Morgan fingerprint density at radius 1 is 1.37 bits per heavy atom. The number of anilines is 1. The first-order chi connectivity index (χ1) is 9.11. The molecular weight excluding hydrogens is 249 g/mol. The minimum absolute atomic E-state index is 0.0631. The van der Waals surface area contributed by atoms with Crippen molar-refractivity contribution in [3.05, 3.63) is 34.1 Å². The minimum Gasteiger partial charge on any atom is -0.363 e. The van der Waals surface area contributed by atoms with Gasteiger partial charge < -0.3 is 4.90 Å². The molecule has 100 valence electrons. The first kappa shape index (κ1) is 13.3. The highest BCUT2D eigenvalue weighted by Crippen LogP contribution is 2.29. The van der Waals surface area contributed by atoms with Gasteiger partial charge in [0.2, 0.25) is 0 Å². The summed E-state index contributed by atoms with van der Waals surface area (Å²) in [5.41, 5.74) is 0.275. The summed E-state index contributed by atoms with van der Waals surface area (Å²) in [7, 11) is 0. The monoisotopic (exact) mass is 263 g/mol. The number of nitro benzene ring substituents is 1. The Kier molecular flexibility index (Phi) is 3.97. The molecule has 0 N–H and O–H groups in total. The fourth-order valence-electron chi connectivity index (χ4n) is 2.18. The van der Waals surface area contributed by atoms with Crippen LogP contribution in [0.25, 0.3) is 0 Å². The van der Waals surface area contributed by atoms with Crippen molar-refractivity contribution in [3.8, 4) is 12.3 Å². The van der Waals surface area contributed by atoms with Crippen LogP contribution in [0, 0.1) is 28.3 Å². The van der Waals surface area contributed by atoms with Gasteiger partial charge in [0.25, 0.3) is 5.69 Å². The van der Waals surface area contributed by atoms with E-state index in [1.165, 1.54) is 12.1 Å². The summed E-state index contributed by atoms with van der Waals surface area (Å²) in [4.78, 5) is 14.4. The van der Waals surface area contributed by atoms with Crippen LogP contribution in [0.2, 0.25) is 0 Å². The van der Waals surface area contributed by atoms with Crippen molar-refractivity contribution in [2.75, 3.05) is 37.6 Å². The predicted molar refractivity (Wildman–Crippen MR) is 70.5 cm³/mol. The molecule has 19 heavy (non-hydrogen) atoms. The highest BCUT2D eigenvalue weighted by Gasteiger charge is 2.23. The van der Waals surface area contributed by atoms with Crippen molar-refractivity contribution < 1.29 is 9.31 Å². The Hall–Kier alpha value is -2.13. The molecule has 0 aromatic heterocycles. The zero-order valence-corrected chi connectivity index (χ0v) is 10.4. The maximum atomic E-state index is 13.3. The summed E-state index contributed by atoms with van der Waals surface area (Å²) in [6.45, 7) is 3.22. The number of halogens is 1. The molecule has 5 nitrogen and oxygen atoms in total. The standard InChI is InChI=1S/C13H14FN3O2/c1-2-5-15-6-8-16(9-7-15)13-10-11(14)3-4-12(13)17(18)19/h1,3-4,10H,5-9H2. The molecule has 1 fully saturated rings. The average Bonchev–Trinajstić information content (AvgIpc) is 2.39. The third-order valence-corrected chi connectivity index (χ3v) is 3.16. The molecule has 1 saturated heterocycles. The first-order valence-electron chi connectivity index (χ1n) is 5.96. The molecule has 0 bridgehead atoms. The van der Waals surface area contributed by atoms with Crippen molar-refractivity contribution in [2.24, 2.45) is 0 Å². The van der Waals surface area contributed by atoms with Gasteiger partial charge in [0.1, 0.15) is 11.5 Å². The van der Waals surface area contributed by atoms with E-state index < -0.39 is 10.7 Å². The molecule has 1 aliphatic heterocycles. The number of nitrogens with zero attached hydrogens (tertiary/aromatic N) is 3. The van der Waals surface area contributed by atoms with Gasteiger partial charge in [-0.2, -0.15) is 0 Å². The van der Waals surface area contributed by atoms with Crippen molar-refractivity contribution in [3.63, 3.8) is 0 Å². The smallest absolute Gasteiger partial charge is 0.292 e. The molecule has 0 atom stereocenters. The normalized spacial score (nSPS) is 16.1. The Morgan fingerprint density at radius 3 is 2.63 bits per heavy atom. The quantitative estimate of drug-likeness (QED) is 0.471. The maximum Gasteiger partial charge on any atom is 0.292 e. The number of terminal acetylenes is 1. The van der Waals surface area contributed by atoms with Crippen LogP contribution >= 0.6 is 0 Å². The van der Waals surface area contributed by atoms with Gasteiger partial charge in [-0.1, -0.05) is 5.92 Å². The third-order valence-electron chi connectivity index (χ3n) is 3.16. The minimum atomic E-state index is -0.484. The summed E-state index contributed by atoms with van der Waals surface area (Å²) in [5, 5.41) is 11.0. The van der Waals surface area contributed by atoms with E-state index in [0.717, 1.165) is 19.2 Å². The summed E-state index contributed by atoms with van der Waals surface area (Å²) >= 11 is 0. The fraction of sp³-hybridized carbons (Fsp3) is 0.385. The van der Waals surface area contributed by atoms with Crippen LogP contribution in [0.3, 0.4) is 0 Å². The zero-order chi connectivity index (χ0) is 13.8. The molecule has 0 radical (unpaired) electrons. The van der Waals surface area contributed by atoms with Crippen molar-refractivity contribution in [1.82, 2.24) is 4.90 Å². The summed E-state index contributed by atoms with van der Waals surface area (Å²) in [6.07, 6.45) is 5.24. The van der Waals surface area contributed by atoms with Crippen LogP contribution in [0.15, 0.2) is 18.2 Å². The number of hydrogen-bond donors (Lipinski definition) is 0. The summed E-state index contributed by atoms with van der Waals surface area (Å²) in [5.74, 6) is 2.10. The van der Waals surface area contributed by atoms with Gasteiger partial charge >= 0.3 is 0 Å². The lowest BCUT2D eigenvalue weighted by atomic mass is 10.2. The van der Waals surface area contributed by atoms with Crippen molar-refractivity contribution >= 4 is 11.4 Å². The number of piperazine rings is 1. The van der Waals surface area contributed by atoms with Gasteiger partial charge in [0.05, 0.1) is 11.5 Å². The Morgan fingerprint density at radius 2 is 2.05 bits per heavy atom. The van der Waals surface area contributed by atoms with Gasteiger partial charge in [-0.15, -0.1) is 6.42 Å². The van der Waals surface area contributed by atoms with Gasteiger partial charge in [-0.25, -0.2) is 4.39 Å². The lowest BCUT2D eigenvalue weighted by Gasteiger charge is -2.34. The number of hydrogen-bond acceptors (Lipinski definition) is 4. The zero-order valence-electron chi connectivity index (χ0n) is 10.4. The number of nitro groups is 1. The van der Waals surface area contributed by atoms with E-state index in [1.54, 1.807) is 0 Å². The number of benzene rings is 1. The van der Waals surface area contributed by atoms with Gasteiger partial charge in [-0.3, -0.25) is 15.0 Å².